The molecular formula is C17H15F2N5O. The smallest absolute Gasteiger partial charge is 0.242 e. The number of amides is 1. The van der Waals surface area contributed by atoms with Gasteiger partial charge in [-0.15, -0.1) is 5.10 Å². The number of nitrogens with zero attached hydrogens (tertiary/aromatic N) is 4. The van der Waals surface area contributed by atoms with Crippen molar-refractivity contribution in [2.45, 2.75) is 19.0 Å². The van der Waals surface area contributed by atoms with E-state index in [9.17, 15) is 13.6 Å². The molecular weight excluding hydrogens is 328 g/mol. The maximum atomic E-state index is 13.6. The van der Waals surface area contributed by atoms with E-state index in [1.807, 2.05) is 0 Å². The van der Waals surface area contributed by atoms with Crippen LogP contribution >= 0.6 is 0 Å². The third kappa shape index (κ3) is 4.66. The second-order valence-electron chi connectivity index (χ2n) is 5.52. The van der Waals surface area contributed by atoms with Crippen LogP contribution in [0.2, 0.25) is 0 Å². The van der Waals surface area contributed by atoms with Gasteiger partial charge < -0.3 is 5.32 Å². The number of aromatic nitrogens is 4. The average molecular weight is 343 g/mol. The number of rotatable bonds is 6. The lowest BCUT2D eigenvalue weighted by atomic mass is 9.98. The Bertz CT molecular complexity index is 854. The summed E-state index contributed by atoms with van der Waals surface area (Å²) in [5.41, 5.74) is 1.28. The maximum absolute atomic E-state index is 13.6. The zero-order valence-electron chi connectivity index (χ0n) is 13.1. The Morgan fingerprint density at radius 1 is 1.12 bits per heavy atom. The van der Waals surface area contributed by atoms with E-state index in [1.54, 1.807) is 24.3 Å². The molecule has 0 radical (unpaired) electrons. The zero-order chi connectivity index (χ0) is 17.6. The molecule has 0 spiro atoms. The fourth-order valence-electron chi connectivity index (χ4n) is 2.52. The van der Waals surface area contributed by atoms with E-state index in [1.165, 1.54) is 35.3 Å². The summed E-state index contributed by atoms with van der Waals surface area (Å²) in [6, 6.07) is 11.5. The number of halogens is 2. The van der Waals surface area contributed by atoms with Gasteiger partial charge in [-0.3, -0.25) is 4.79 Å². The molecule has 6 nitrogen and oxygen atoms in total. The van der Waals surface area contributed by atoms with Crippen LogP contribution in [0.5, 0.6) is 0 Å². The minimum atomic E-state index is -0.513. The minimum Gasteiger partial charge on any atom is -0.347 e. The van der Waals surface area contributed by atoms with E-state index >= 15 is 0 Å². The molecule has 2 aromatic carbocycles. The van der Waals surface area contributed by atoms with E-state index in [0.717, 1.165) is 0 Å². The molecule has 1 atom stereocenters. The highest BCUT2D eigenvalue weighted by molar-refractivity contribution is 5.76. The van der Waals surface area contributed by atoms with Gasteiger partial charge >= 0.3 is 0 Å². The summed E-state index contributed by atoms with van der Waals surface area (Å²) in [7, 11) is 0. The van der Waals surface area contributed by atoms with E-state index in [2.05, 4.69) is 20.8 Å². The normalized spacial score (nSPS) is 11.9. The van der Waals surface area contributed by atoms with Crippen molar-refractivity contribution >= 4 is 5.91 Å². The molecule has 0 fully saturated rings. The lowest BCUT2D eigenvalue weighted by molar-refractivity contribution is -0.122. The van der Waals surface area contributed by atoms with Crippen molar-refractivity contribution in [1.29, 1.82) is 0 Å². The number of benzene rings is 2. The first-order valence-electron chi connectivity index (χ1n) is 7.60. The van der Waals surface area contributed by atoms with Crippen LogP contribution in [0.15, 0.2) is 54.9 Å². The van der Waals surface area contributed by atoms with Gasteiger partial charge in [0.05, 0.1) is 6.04 Å². The lowest BCUT2D eigenvalue weighted by Crippen LogP contribution is -2.33. The molecule has 8 heteroatoms. The van der Waals surface area contributed by atoms with Crippen molar-refractivity contribution < 1.29 is 13.6 Å². The monoisotopic (exact) mass is 343 g/mol. The molecule has 1 aromatic heterocycles. The minimum absolute atomic E-state index is 0.0675. The molecule has 3 aromatic rings. The van der Waals surface area contributed by atoms with Crippen LogP contribution in [0.25, 0.3) is 0 Å². The summed E-state index contributed by atoms with van der Waals surface area (Å²) in [6.07, 6.45) is 1.64. The van der Waals surface area contributed by atoms with Gasteiger partial charge in [0.15, 0.2) is 0 Å². The van der Waals surface area contributed by atoms with Crippen molar-refractivity contribution in [2.24, 2.45) is 0 Å². The second kappa shape index (κ2) is 7.61. The van der Waals surface area contributed by atoms with Gasteiger partial charge in [-0.1, -0.05) is 24.3 Å². The Kier molecular flexibility index (Phi) is 5.08. The number of carbonyl (C=O) groups is 1. The van der Waals surface area contributed by atoms with Gasteiger partial charge in [0.25, 0.3) is 0 Å². The number of nitrogens with one attached hydrogen (secondary N) is 1. The predicted molar refractivity (Wildman–Crippen MR) is 85.2 cm³/mol. The molecule has 0 aliphatic rings. The summed E-state index contributed by atoms with van der Waals surface area (Å²) >= 11 is 0. The van der Waals surface area contributed by atoms with Gasteiger partial charge in [0.1, 0.15) is 24.5 Å². The fourth-order valence-corrected chi connectivity index (χ4v) is 2.52. The fraction of sp³-hybridized carbons (Fsp3) is 0.176. The van der Waals surface area contributed by atoms with E-state index in [-0.39, 0.29) is 18.3 Å². The zero-order valence-corrected chi connectivity index (χ0v) is 13.1. The molecule has 0 saturated heterocycles. The van der Waals surface area contributed by atoms with Crippen molar-refractivity contribution in [3.63, 3.8) is 0 Å². The number of carbonyl (C=O) groups excluding carboxylic acids is 1. The molecule has 0 aliphatic heterocycles. The Labute approximate surface area is 142 Å². The van der Waals surface area contributed by atoms with Gasteiger partial charge in [0, 0.05) is 0 Å². The summed E-state index contributed by atoms with van der Waals surface area (Å²) in [4.78, 5) is 12.2. The first kappa shape index (κ1) is 16.7. The first-order valence-corrected chi connectivity index (χ1v) is 7.60. The van der Waals surface area contributed by atoms with E-state index in [4.69, 9.17) is 0 Å². The third-order valence-corrected chi connectivity index (χ3v) is 3.61. The van der Waals surface area contributed by atoms with Crippen molar-refractivity contribution in [2.75, 3.05) is 0 Å². The van der Waals surface area contributed by atoms with Crippen molar-refractivity contribution in [3.8, 4) is 0 Å². The molecule has 0 unspecified atom stereocenters. The maximum Gasteiger partial charge on any atom is 0.242 e. The molecule has 0 aliphatic carbocycles. The van der Waals surface area contributed by atoms with Crippen molar-refractivity contribution in [3.05, 3.63) is 77.6 Å². The highest BCUT2D eigenvalue weighted by atomic mass is 19.1. The van der Waals surface area contributed by atoms with Gasteiger partial charge in [0.2, 0.25) is 5.91 Å². The standard InChI is InChI=1S/C17H15F2N5O/c18-14-5-1-3-12(7-14)8-16(13-4-2-6-15(19)9-13)21-17(25)10-24-11-20-22-23-24/h1-7,9,11,16H,8,10H2,(H,21,25)/t16-/m0/s1. The number of hydrogen-bond donors (Lipinski definition) is 1. The average Bonchev–Trinajstić information content (AvgIpc) is 3.07. The Morgan fingerprint density at radius 2 is 1.88 bits per heavy atom. The Morgan fingerprint density at radius 3 is 2.56 bits per heavy atom. The summed E-state index contributed by atoms with van der Waals surface area (Å²) in [5, 5.41) is 13.4. The van der Waals surface area contributed by atoms with Gasteiger partial charge in [-0.25, -0.2) is 13.5 Å². The highest BCUT2D eigenvalue weighted by Crippen LogP contribution is 2.20. The summed E-state index contributed by atoms with van der Waals surface area (Å²) < 4.78 is 28.3. The quantitative estimate of drug-likeness (QED) is 0.743. The molecule has 25 heavy (non-hydrogen) atoms. The molecule has 0 bridgehead atoms. The number of hydrogen-bond acceptors (Lipinski definition) is 4. The van der Waals surface area contributed by atoms with Crippen LogP contribution in [0, 0.1) is 11.6 Å². The van der Waals surface area contributed by atoms with E-state index in [0.29, 0.717) is 17.5 Å². The number of tetrazole rings is 1. The van der Waals surface area contributed by atoms with Crippen LogP contribution in [-0.4, -0.2) is 26.1 Å². The van der Waals surface area contributed by atoms with Crippen LogP contribution in [0.1, 0.15) is 17.2 Å². The van der Waals surface area contributed by atoms with Gasteiger partial charge in [-0.2, -0.15) is 0 Å². The second-order valence-corrected chi connectivity index (χ2v) is 5.52. The van der Waals surface area contributed by atoms with Crippen LogP contribution in [-0.2, 0) is 17.8 Å². The molecule has 1 amide bonds. The summed E-state index contributed by atoms with van der Waals surface area (Å²) in [5.74, 6) is -1.11. The van der Waals surface area contributed by atoms with Crippen molar-refractivity contribution in [1.82, 2.24) is 25.5 Å². The van der Waals surface area contributed by atoms with Crippen LogP contribution in [0.3, 0.4) is 0 Å². The molecule has 0 saturated carbocycles. The Hall–Kier alpha value is -3.16. The van der Waals surface area contributed by atoms with E-state index < -0.39 is 11.9 Å². The van der Waals surface area contributed by atoms with Crippen LogP contribution < -0.4 is 5.32 Å². The molecule has 128 valence electrons. The SMILES string of the molecule is O=C(Cn1cnnn1)N[C@@H](Cc1cccc(F)c1)c1cccc(F)c1. The first-order chi connectivity index (χ1) is 12.1. The predicted octanol–water partition coefficient (Wildman–Crippen LogP) is 2.05. The topological polar surface area (TPSA) is 72.7 Å². The lowest BCUT2D eigenvalue weighted by Gasteiger charge is -2.19. The highest BCUT2D eigenvalue weighted by Gasteiger charge is 2.17. The molecule has 3 rings (SSSR count). The largest absolute Gasteiger partial charge is 0.347 e. The Balaban J connectivity index is 1.79. The third-order valence-electron chi connectivity index (χ3n) is 3.61. The molecule has 1 N–H and O–H groups in total. The van der Waals surface area contributed by atoms with Crippen LogP contribution in [0.4, 0.5) is 8.78 Å². The molecule has 1 heterocycles. The van der Waals surface area contributed by atoms with Gasteiger partial charge in [-0.05, 0) is 52.2 Å². The summed E-state index contributed by atoms with van der Waals surface area (Å²) in [6.45, 7) is -0.0675.